The second-order valence-corrected chi connectivity index (χ2v) is 9.94. The lowest BCUT2D eigenvalue weighted by atomic mass is 10.1. The fourth-order valence-corrected chi connectivity index (χ4v) is 5.11. The first-order valence-corrected chi connectivity index (χ1v) is 12.2. The largest absolute Gasteiger partial charge is 0.491 e. The highest BCUT2D eigenvalue weighted by Gasteiger charge is 2.28. The number of aryl methyl sites for hydroxylation is 4. The van der Waals surface area contributed by atoms with Gasteiger partial charge >= 0.3 is 0 Å². The van der Waals surface area contributed by atoms with E-state index in [2.05, 4.69) is 5.32 Å². The maximum atomic E-state index is 13.4. The Morgan fingerprint density at radius 3 is 2.15 bits per heavy atom. The highest BCUT2D eigenvalue weighted by Crippen LogP contribution is 2.27. The van der Waals surface area contributed by atoms with Crippen LogP contribution in [0.2, 0.25) is 0 Å². The first kappa shape index (κ1) is 24.3. The zero-order valence-electron chi connectivity index (χ0n) is 19.5. The lowest BCUT2D eigenvalue weighted by Crippen LogP contribution is -2.42. The van der Waals surface area contributed by atoms with E-state index in [1.165, 1.54) is 12.1 Å². The van der Waals surface area contributed by atoms with Crippen LogP contribution in [0, 0.1) is 27.7 Å². The Morgan fingerprint density at radius 2 is 1.52 bits per heavy atom. The molecule has 3 aromatic carbocycles. The van der Waals surface area contributed by atoms with Gasteiger partial charge in [-0.15, -0.1) is 0 Å². The summed E-state index contributed by atoms with van der Waals surface area (Å²) in [5.41, 5.74) is 4.45. The van der Waals surface area contributed by atoms with Crippen LogP contribution in [0.5, 0.6) is 5.75 Å². The van der Waals surface area contributed by atoms with E-state index in [0.717, 1.165) is 32.3 Å². The van der Waals surface area contributed by atoms with E-state index in [9.17, 15) is 13.2 Å². The molecule has 0 bridgehead atoms. The third-order valence-electron chi connectivity index (χ3n) is 5.25. The van der Waals surface area contributed by atoms with Crippen LogP contribution in [-0.4, -0.2) is 34.0 Å². The minimum Gasteiger partial charge on any atom is -0.491 e. The SMILES string of the molecule is Cc1ccc(OCCNC(=O)CN(c2ccc(C)cc2C)S(=O)(=O)c2ccccc2)c(C)c1. The molecule has 0 heterocycles. The number of hydrogen-bond donors (Lipinski definition) is 1. The van der Waals surface area contributed by atoms with Gasteiger partial charge in [0.05, 0.1) is 17.1 Å². The molecule has 0 aliphatic heterocycles. The standard InChI is InChI=1S/C26H30N2O4S/c1-19-10-12-24(21(3)16-19)28(33(30,31)23-8-6-5-7-9-23)18-26(29)27-14-15-32-25-13-11-20(2)17-22(25)4/h5-13,16-17H,14-15,18H2,1-4H3,(H,27,29). The van der Waals surface area contributed by atoms with Crippen molar-refractivity contribution in [1.29, 1.82) is 0 Å². The molecule has 1 amide bonds. The van der Waals surface area contributed by atoms with E-state index in [0.29, 0.717) is 5.69 Å². The minimum absolute atomic E-state index is 0.135. The molecule has 0 fully saturated rings. The second kappa shape index (κ2) is 10.5. The molecule has 0 spiro atoms. The molecule has 174 valence electrons. The molecule has 0 saturated heterocycles. The van der Waals surface area contributed by atoms with Gasteiger partial charge in [-0.1, -0.05) is 53.6 Å². The summed E-state index contributed by atoms with van der Waals surface area (Å²) in [5.74, 6) is 0.358. The number of anilines is 1. The summed E-state index contributed by atoms with van der Waals surface area (Å²) in [5, 5.41) is 2.77. The Kier molecular flexibility index (Phi) is 7.76. The van der Waals surface area contributed by atoms with Gasteiger partial charge in [0.25, 0.3) is 10.0 Å². The molecular weight excluding hydrogens is 436 g/mol. The first-order valence-electron chi connectivity index (χ1n) is 10.8. The summed E-state index contributed by atoms with van der Waals surface area (Å²) >= 11 is 0. The van der Waals surface area contributed by atoms with E-state index in [1.54, 1.807) is 24.3 Å². The predicted octanol–water partition coefficient (Wildman–Crippen LogP) is 4.31. The number of rotatable bonds is 9. The normalized spacial score (nSPS) is 11.2. The monoisotopic (exact) mass is 466 g/mol. The van der Waals surface area contributed by atoms with Gasteiger partial charge in [0.15, 0.2) is 0 Å². The van der Waals surface area contributed by atoms with E-state index >= 15 is 0 Å². The van der Waals surface area contributed by atoms with E-state index in [1.807, 2.05) is 58.0 Å². The molecule has 0 aromatic heterocycles. The Balaban J connectivity index is 1.72. The van der Waals surface area contributed by atoms with Gasteiger partial charge in [-0.05, 0) is 63.1 Å². The molecule has 0 aliphatic carbocycles. The van der Waals surface area contributed by atoms with Crippen molar-refractivity contribution in [3.8, 4) is 5.75 Å². The van der Waals surface area contributed by atoms with Crippen molar-refractivity contribution < 1.29 is 17.9 Å². The number of nitrogens with zero attached hydrogens (tertiary/aromatic N) is 1. The molecule has 3 rings (SSSR count). The van der Waals surface area contributed by atoms with Crippen molar-refractivity contribution >= 4 is 21.6 Å². The van der Waals surface area contributed by atoms with Gasteiger partial charge in [0.2, 0.25) is 5.91 Å². The Hall–Kier alpha value is -3.32. The summed E-state index contributed by atoms with van der Waals surface area (Å²) < 4.78 is 33.7. The maximum absolute atomic E-state index is 13.4. The van der Waals surface area contributed by atoms with E-state index in [4.69, 9.17) is 4.74 Å². The van der Waals surface area contributed by atoms with Crippen LogP contribution in [0.3, 0.4) is 0 Å². The molecule has 0 saturated carbocycles. The zero-order valence-corrected chi connectivity index (χ0v) is 20.3. The average molecular weight is 467 g/mol. The maximum Gasteiger partial charge on any atom is 0.264 e. The summed E-state index contributed by atoms with van der Waals surface area (Å²) in [7, 11) is -3.93. The summed E-state index contributed by atoms with van der Waals surface area (Å²) in [6.45, 7) is 7.98. The average Bonchev–Trinajstić information content (AvgIpc) is 2.77. The summed E-state index contributed by atoms with van der Waals surface area (Å²) in [6, 6.07) is 19.5. The van der Waals surface area contributed by atoms with E-state index in [-0.39, 0.29) is 24.6 Å². The molecule has 3 aromatic rings. The van der Waals surface area contributed by atoms with Crippen molar-refractivity contribution in [3.05, 3.63) is 89.0 Å². The van der Waals surface area contributed by atoms with Crippen LogP contribution in [0.4, 0.5) is 5.69 Å². The number of carbonyl (C=O) groups is 1. The van der Waals surface area contributed by atoms with Crippen LogP contribution < -0.4 is 14.4 Å². The molecule has 0 radical (unpaired) electrons. The lowest BCUT2D eigenvalue weighted by molar-refractivity contribution is -0.119. The van der Waals surface area contributed by atoms with Crippen molar-refractivity contribution in [1.82, 2.24) is 5.32 Å². The van der Waals surface area contributed by atoms with Crippen LogP contribution in [0.25, 0.3) is 0 Å². The fraction of sp³-hybridized carbons (Fsp3) is 0.269. The number of sulfonamides is 1. The van der Waals surface area contributed by atoms with E-state index < -0.39 is 15.9 Å². The fourth-order valence-electron chi connectivity index (χ4n) is 3.60. The second-order valence-electron chi connectivity index (χ2n) is 8.08. The number of carbonyl (C=O) groups excluding carboxylic acids is 1. The van der Waals surface area contributed by atoms with Gasteiger partial charge in [0, 0.05) is 0 Å². The Bertz CT molecular complexity index is 1220. The van der Waals surface area contributed by atoms with Gasteiger partial charge in [-0.25, -0.2) is 8.42 Å². The summed E-state index contributed by atoms with van der Waals surface area (Å²) in [6.07, 6.45) is 0. The number of amides is 1. The van der Waals surface area contributed by atoms with Crippen molar-refractivity contribution in [2.75, 3.05) is 24.0 Å². The molecule has 7 heteroatoms. The van der Waals surface area contributed by atoms with Crippen molar-refractivity contribution in [2.24, 2.45) is 0 Å². The molecule has 0 aliphatic rings. The highest BCUT2D eigenvalue weighted by atomic mass is 32.2. The van der Waals surface area contributed by atoms with Gasteiger partial charge in [-0.2, -0.15) is 0 Å². The molecular formula is C26H30N2O4S. The first-order chi connectivity index (χ1) is 15.7. The highest BCUT2D eigenvalue weighted by molar-refractivity contribution is 7.92. The Morgan fingerprint density at radius 1 is 0.879 bits per heavy atom. The van der Waals surface area contributed by atoms with Crippen LogP contribution in [-0.2, 0) is 14.8 Å². The lowest BCUT2D eigenvalue weighted by Gasteiger charge is -2.26. The molecule has 1 N–H and O–H groups in total. The third-order valence-corrected chi connectivity index (χ3v) is 7.03. The number of benzene rings is 3. The molecule has 0 atom stereocenters. The smallest absolute Gasteiger partial charge is 0.264 e. The van der Waals surface area contributed by atoms with Crippen LogP contribution in [0.1, 0.15) is 22.3 Å². The zero-order chi connectivity index (χ0) is 24.0. The molecule has 6 nitrogen and oxygen atoms in total. The van der Waals surface area contributed by atoms with Gasteiger partial charge < -0.3 is 10.1 Å². The van der Waals surface area contributed by atoms with Crippen LogP contribution >= 0.6 is 0 Å². The Labute approximate surface area is 196 Å². The predicted molar refractivity (Wildman–Crippen MR) is 131 cm³/mol. The molecule has 0 unspecified atom stereocenters. The number of ether oxygens (including phenoxy) is 1. The minimum atomic E-state index is -3.93. The van der Waals surface area contributed by atoms with Crippen LogP contribution in [0.15, 0.2) is 71.6 Å². The molecule has 33 heavy (non-hydrogen) atoms. The third kappa shape index (κ3) is 6.14. The topological polar surface area (TPSA) is 75.7 Å². The van der Waals surface area contributed by atoms with Gasteiger partial charge in [-0.3, -0.25) is 9.10 Å². The summed E-state index contributed by atoms with van der Waals surface area (Å²) in [4.78, 5) is 12.9. The van der Waals surface area contributed by atoms with Gasteiger partial charge in [0.1, 0.15) is 18.9 Å². The number of hydrogen-bond acceptors (Lipinski definition) is 4. The van der Waals surface area contributed by atoms with Crippen molar-refractivity contribution in [3.63, 3.8) is 0 Å². The number of nitrogens with one attached hydrogen (secondary N) is 1. The van der Waals surface area contributed by atoms with Crippen molar-refractivity contribution in [2.45, 2.75) is 32.6 Å². The quantitative estimate of drug-likeness (QED) is 0.477.